The number of ether oxygens (including phenoxy) is 1. The van der Waals surface area contributed by atoms with Crippen LogP contribution in [0, 0.1) is 22.9 Å². The van der Waals surface area contributed by atoms with E-state index in [0.29, 0.717) is 43.2 Å². The molecule has 0 aromatic heterocycles. The highest BCUT2D eigenvalue weighted by atomic mass is 19.1. The minimum atomic E-state index is -0.539. The molecule has 1 saturated carbocycles. The fourth-order valence-corrected chi connectivity index (χ4v) is 2.68. The van der Waals surface area contributed by atoms with Gasteiger partial charge in [0, 0.05) is 24.7 Å². The Morgan fingerprint density at radius 1 is 1.43 bits per heavy atom. The van der Waals surface area contributed by atoms with E-state index in [1.54, 1.807) is 6.92 Å². The average Bonchev–Trinajstić information content (AvgIpc) is 3.27. The van der Waals surface area contributed by atoms with Crippen LogP contribution in [-0.2, 0) is 4.74 Å². The number of benzene rings is 1. The lowest BCUT2D eigenvalue weighted by molar-refractivity contribution is -0.384. The molecule has 114 valence electrons. The average molecular weight is 295 g/mol. The van der Waals surface area contributed by atoms with Gasteiger partial charge in [0.05, 0.1) is 29.9 Å². The monoisotopic (exact) mass is 295 g/mol. The number of hydrogen-bond donors (Lipinski definition) is 1. The van der Waals surface area contributed by atoms with Crippen molar-refractivity contribution in [3.63, 3.8) is 0 Å². The summed E-state index contributed by atoms with van der Waals surface area (Å²) in [6, 6.07) is 1.30. The number of nitrogens with one attached hydrogen (secondary N) is 1. The van der Waals surface area contributed by atoms with Crippen LogP contribution in [0.15, 0.2) is 6.07 Å². The Balaban J connectivity index is 2.04. The minimum Gasteiger partial charge on any atom is -0.378 e. The van der Waals surface area contributed by atoms with Crippen molar-refractivity contribution >= 4 is 17.1 Å². The van der Waals surface area contributed by atoms with Crippen LogP contribution in [0.3, 0.4) is 0 Å². The van der Waals surface area contributed by atoms with E-state index in [9.17, 15) is 14.5 Å². The normalized spacial score (nSPS) is 18.7. The van der Waals surface area contributed by atoms with E-state index in [-0.39, 0.29) is 11.7 Å². The van der Waals surface area contributed by atoms with Gasteiger partial charge in [-0.3, -0.25) is 10.1 Å². The fraction of sp³-hybridized carbons (Fsp3) is 0.571. The predicted octanol–water partition coefficient (Wildman–Crippen LogP) is 2.45. The van der Waals surface area contributed by atoms with Crippen molar-refractivity contribution in [1.82, 2.24) is 0 Å². The van der Waals surface area contributed by atoms with Crippen molar-refractivity contribution in [2.24, 2.45) is 0 Å². The van der Waals surface area contributed by atoms with Gasteiger partial charge in [-0.1, -0.05) is 0 Å². The van der Waals surface area contributed by atoms with Gasteiger partial charge in [-0.25, -0.2) is 4.39 Å². The van der Waals surface area contributed by atoms with Gasteiger partial charge in [-0.2, -0.15) is 0 Å². The standard InChI is InChI=1S/C14H18FN3O3/c1-9-13(16-10-2-3-10)12(18(19)20)8-11(15)14(9)17-4-6-21-7-5-17/h8,10,16H,2-7H2,1H3. The van der Waals surface area contributed by atoms with Crippen molar-refractivity contribution in [3.05, 3.63) is 27.6 Å². The van der Waals surface area contributed by atoms with E-state index >= 15 is 0 Å². The van der Waals surface area contributed by atoms with Crippen LogP contribution in [0.1, 0.15) is 18.4 Å². The van der Waals surface area contributed by atoms with E-state index in [0.717, 1.165) is 18.9 Å². The summed E-state index contributed by atoms with van der Waals surface area (Å²) < 4.78 is 19.7. The molecule has 1 aromatic carbocycles. The van der Waals surface area contributed by atoms with Crippen LogP contribution in [-0.4, -0.2) is 37.3 Å². The van der Waals surface area contributed by atoms with Crippen LogP contribution < -0.4 is 10.2 Å². The first kappa shape index (κ1) is 14.1. The number of rotatable bonds is 4. The van der Waals surface area contributed by atoms with Crippen molar-refractivity contribution in [3.8, 4) is 0 Å². The van der Waals surface area contributed by atoms with Gasteiger partial charge in [0.1, 0.15) is 5.69 Å². The zero-order chi connectivity index (χ0) is 15.0. The summed E-state index contributed by atoms with van der Waals surface area (Å²) in [6.45, 7) is 4.02. The van der Waals surface area contributed by atoms with E-state index in [1.807, 2.05) is 4.90 Å². The lowest BCUT2D eigenvalue weighted by atomic mass is 10.1. The number of halogens is 1. The number of hydrogen-bond acceptors (Lipinski definition) is 5. The van der Waals surface area contributed by atoms with E-state index in [4.69, 9.17) is 4.74 Å². The second-order valence-corrected chi connectivity index (χ2v) is 5.50. The van der Waals surface area contributed by atoms with Crippen molar-refractivity contribution in [1.29, 1.82) is 0 Å². The molecule has 2 aliphatic rings. The Morgan fingerprint density at radius 3 is 2.67 bits per heavy atom. The summed E-state index contributed by atoms with van der Waals surface area (Å²) in [5, 5.41) is 14.4. The molecule has 1 saturated heterocycles. The molecule has 0 atom stereocenters. The number of nitro benzene ring substituents is 1. The molecule has 0 bridgehead atoms. The molecule has 1 N–H and O–H groups in total. The largest absolute Gasteiger partial charge is 0.378 e. The number of nitrogens with zero attached hydrogens (tertiary/aromatic N) is 2. The van der Waals surface area contributed by atoms with Crippen LogP contribution >= 0.6 is 0 Å². The third kappa shape index (κ3) is 2.78. The maximum atomic E-state index is 14.4. The summed E-state index contributed by atoms with van der Waals surface area (Å²) in [7, 11) is 0. The molecule has 7 heteroatoms. The highest BCUT2D eigenvalue weighted by molar-refractivity contribution is 5.76. The first-order valence-corrected chi connectivity index (χ1v) is 7.14. The fourth-order valence-electron chi connectivity index (χ4n) is 2.68. The predicted molar refractivity (Wildman–Crippen MR) is 77.5 cm³/mol. The molecule has 6 nitrogen and oxygen atoms in total. The number of nitro groups is 1. The summed E-state index contributed by atoms with van der Waals surface area (Å²) in [6.07, 6.45) is 2.00. The Bertz CT molecular complexity index is 569. The van der Waals surface area contributed by atoms with E-state index < -0.39 is 10.7 Å². The zero-order valence-electron chi connectivity index (χ0n) is 11.9. The van der Waals surface area contributed by atoms with E-state index in [2.05, 4.69) is 5.32 Å². The molecule has 1 aliphatic heterocycles. The van der Waals surface area contributed by atoms with Crippen molar-refractivity contribution in [2.45, 2.75) is 25.8 Å². The highest BCUT2D eigenvalue weighted by Crippen LogP contribution is 2.40. The first-order chi connectivity index (χ1) is 10.1. The molecule has 0 radical (unpaired) electrons. The van der Waals surface area contributed by atoms with Crippen LogP contribution in [0.5, 0.6) is 0 Å². The maximum Gasteiger partial charge on any atom is 0.295 e. The molecule has 2 fully saturated rings. The van der Waals surface area contributed by atoms with Crippen LogP contribution in [0.25, 0.3) is 0 Å². The van der Waals surface area contributed by atoms with Crippen LogP contribution in [0.4, 0.5) is 21.5 Å². The molecule has 0 unspecified atom stereocenters. The van der Waals surface area contributed by atoms with Gasteiger partial charge < -0.3 is 15.0 Å². The molecule has 21 heavy (non-hydrogen) atoms. The molecular formula is C14H18FN3O3. The second kappa shape index (κ2) is 5.48. The highest BCUT2D eigenvalue weighted by Gasteiger charge is 2.30. The summed E-state index contributed by atoms with van der Waals surface area (Å²) in [5.41, 5.74) is 1.32. The Morgan fingerprint density at radius 2 is 2.10 bits per heavy atom. The topological polar surface area (TPSA) is 67.6 Å². The van der Waals surface area contributed by atoms with Crippen LogP contribution in [0.2, 0.25) is 0 Å². The lowest BCUT2D eigenvalue weighted by Gasteiger charge is -2.31. The van der Waals surface area contributed by atoms with Gasteiger partial charge in [0.15, 0.2) is 5.82 Å². The molecule has 3 rings (SSSR count). The zero-order valence-corrected chi connectivity index (χ0v) is 11.9. The first-order valence-electron chi connectivity index (χ1n) is 7.14. The quantitative estimate of drug-likeness (QED) is 0.682. The smallest absolute Gasteiger partial charge is 0.295 e. The summed E-state index contributed by atoms with van der Waals surface area (Å²) >= 11 is 0. The third-order valence-electron chi connectivity index (χ3n) is 3.93. The molecule has 0 amide bonds. The lowest BCUT2D eigenvalue weighted by Crippen LogP contribution is -2.37. The number of anilines is 2. The molecule has 1 aromatic rings. The SMILES string of the molecule is Cc1c(NC2CC2)c([N+](=O)[O-])cc(F)c1N1CCOCC1. The molecule has 0 spiro atoms. The number of morpholine rings is 1. The Hall–Kier alpha value is -1.89. The summed E-state index contributed by atoms with van der Waals surface area (Å²) in [4.78, 5) is 12.6. The van der Waals surface area contributed by atoms with Gasteiger partial charge >= 0.3 is 0 Å². The van der Waals surface area contributed by atoms with Gasteiger partial charge in [-0.15, -0.1) is 0 Å². The molecule has 1 heterocycles. The third-order valence-corrected chi connectivity index (χ3v) is 3.93. The van der Waals surface area contributed by atoms with Crippen molar-refractivity contribution < 1.29 is 14.1 Å². The summed E-state index contributed by atoms with van der Waals surface area (Å²) in [5.74, 6) is -0.539. The maximum absolute atomic E-state index is 14.4. The Labute approximate surface area is 122 Å². The van der Waals surface area contributed by atoms with Gasteiger partial charge in [-0.05, 0) is 19.8 Å². The van der Waals surface area contributed by atoms with Gasteiger partial charge in [0.2, 0.25) is 0 Å². The molecule has 1 aliphatic carbocycles. The second-order valence-electron chi connectivity index (χ2n) is 5.50. The van der Waals surface area contributed by atoms with E-state index in [1.165, 1.54) is 0 Å². The van der Waals surface area contributed by atoms with Gasteiger partial charge in [0.25, 0.3) is 5.69 Å². The molecular weight excluding hydrogens is 277 g/mol. The van der Waals surface area contributed by atoms with Crippen molar-refractivity contribution in [2.75, 3.05) is 36.5 Å². The Kier molecular flexibility index (Phi) is 3.67. The minimum absolute atomic E-state index is 0.186.